The first-order valence-corrected chi connectivity index (χ1v) is 8.68. The van der Waals surface area contributed by atoms with E-state index in [-0.39, 0.29) is 24.0 Å². The molecule has 0 atom stereocenters. The smallest absolute Gasteiger partial charge is 0.191 e. The Balaban J connectivity index is 0.00000288. The molecule has 0 saturated carbocycles. The molecule has 0 amide bonds. The van der Waals surface area contributed by atoms with Gasteiger partial charge in [-0.3, -0.25) is 0 Å². The maximum Gasteiger partial charge on any atom is 0.191 e. The molecule has 1 heterocycles. The second-order valence-corrected chi connectivity index (χ2v) is 6.27. The molecule has 7 heteroatoms. The fourth-order valence-electron chi connectivity index (χ4n) is 2.08. The Kier molecular flexibility index (Phi) is 9.70. The van der Waals surface area contributed by atoms with Crippen molar-refractivity contribution in [3.8, 4) is 5.75 Å². The first-order valence-electron chi connectivity index (χ1n) is 7.87. The molecule has 132 valence electrons. The molecule has 0 unspecified atom stereocenters. The van der Waals surface area contributed by atoms with Gasteiger partial charge in [0.25, 0.3) is 0 Å². The highest BCUT2D eigenvalue weighted by Gasteiger charge is 2.04. The number of hydrogen-bond acceptors (Lipinski definition) is 4. The number of rotatable bonds is 7. The normalized spacial score (nSPS) is 10.9. The van der Waals surface area contributed by atoms with Gasteiger partial charge >= 0.3 is 0 Å². The van der Waals surface area contributed by atoms with E-state index in [2.05, 4.69) is 34.5 Å². The monoisotopic (exact) mass is 460 g/mol. The van der Waals surface area contributed by atoms with E-state index in [9.17, 15) is 0 Å². The Labute approximate surface area is 165 Å². The minimum absolute atomic E-state index is 0. The topological polar surface area (TPSA) is 58.5 Å². The number of aryl methyl sites for hydroxylation is 1. The van der Waals surface area contributed by atoms with Crippen LogP contribution in [-0.2, 0) is 13.1 Å². The molecule has 2 aromatic rings. The summed E-state index contributed by atoms with van der Waals surface area (Å²) in [6.07, 6.45) is 1.89. The maximum atomic E-state index is 5.64. The van der Waals surface area contributed by atoms with Crippen LogP contribution in [0.25, 0.3) is 0 Å². The van der Waals surface area contributed by atoms with Gasteiger partial charge in [-0.15, -0.1) is 35.3 Å². The molecule has 5 nitrogen and oxygen atoms in total. The van der Waals surface area contributed by atoms with Crippen molar-refractivity contribution in [1.82, 2.24) is 15.6 Å². The minimum Gasteiger partial charge on any atom is -0.494 e. The second-order valence-electron chi connectivity index (χ2n) is 4.95. The molecule has 24 heavy (non-hydrogen) atoms. The zero-order valence-electron chi connectivity index (χ0n) is 14.3. The van der Waals surface area contributed by atoms with Crippen molar-refractivity contribution in [2.75, 3.05) is 13.2 Å². The van der Waals surface area contributed by atoms with E-state index in [0.29, 0.717) is 19.7 Å². The first-order chi connectivity index (χ1) is 11.2. The van der Waals surface area contributed by atoms with Crippen LogP contribution in [0.4, 0.5) is 0 Å². The van der Waals surface area contributed by atoms with Crippen molar-refractivity contribution < 1.29 is 4.74 Å². The fourth-order valence-corrected chi connectivity index (χ4v) is 2.81. The number of guanidine groups is 1. The van der Waals surface area contributed by atoms with Crippen molar-refractivity contribution in [2.45, 2.75) is 33.9 Å². The van der Waals surface area contributed by atoms with Crippen LogP contribution in [0.15, 0.2) is 35.5 Å². The number of nitrogens with one attached hydrogen (secondary N) is 2. The summed E-state index contributed by atoms with van der Waals surface area (Å²) in [6, 6.07) is 8.01. The van der Waals surface area contributed by atoms with Crippen molar-refractivity contribution in [3.05, 3.63) is 45.9 Å². The van der Waals surface area contributed by atoms with Gasteiger partial charge in [-0.2, -0.15) is 0 Å². The van der Waals surface area contributed by atoms with Crippen LogP contribution in [0.5, 0.6) is 5.75 Å². The summed E-state index contributed by atoms with van der Waals surface area (Å²) in [5.41, 5.74) is 1.08. The van der Waals surface area contributed by atoms with E-state index < -0.39 is 0 Å². The van der Waals surface area contributed by atoms with Gasteiger partial charge in [-0.25, -0.2) is 9.98 Å². The summed E-state index contributed by atoms with van der Waals surface area (Å²) in [7, 11) is 0. The lowest BCUT2D eigenvalue weighted by atomic mass is 10.2. The average molecular weight is 460 g/mol. The lowest BCUT2D eigenvalue weighted by Gasteiger charge is -2.11. The van der Waals surface area contributed by atoms with Gasteiger partial charge in [-0.05, 0) is 26.8 Å². The van der Waals surface area contributed by atoms with Crippen LogP contribution < -0.4 is 15.4 Å². The van der Waals surface area contributed by atoms with E-state index in [1.807, 2.05) is 37.4 Å². The van der Waals surface area contributed by atoms with Crippen LogP contribution >= 0.6 is 35.3 Å². The van der Waals surface area contributed by atoms with Gasteiger partial charge in [-0.1, -0.05) is 18.2 Å². The van der Waals surface area contributed by atoms with Gasteiger partial charge in [0.05, 0.1) is 19.7 Å². The van der Waals surface area contributed by atoms with Gasteiger partial charge in [0.1, 0.15) is 10.8 Å². The number of aromatic nitrogens is 1. The summed E-state index contributed by atoms with van der Waals surface area (Å²) in [4.78, 5) is 10.2. The molecule has 0 aliphatic carbocycles. The molecule has 0 aliphatic rings. The lowest BCUT2D eigenvalue weighted by molar-refractivity contribution is 0.336. The van der Waals surface area contributed by atoms with Crippen molar-refractivity contribution in [2.24, 2.45) is 4.99 Å². The van der Waals surface area contributed by atoms with Crippen LogP contribution in [0, 0.1) is 6.92 Å². The van der Waals surface area contributed by atoms with Crippen molar-refractivity contribution in [1.29, 1.82) is 0 Å². The third-order valence-electron chi connectivity index (χ3n) is 3.10. The van der Waals surface area contributed by atoms with Crippen LogP contribution in [0.3, 0.4) is 0 Å². The fraction of sp³-hybridized carbons (Fsp3) is 0.412. The van der Waals surface area contributed by atoms with Crippen molar-refractivity contribution >= 4 is 41.3 Å². The highest BCUT2D eigenvalue weighted by Crippen LogP contribution is 2.18. The number of halogens is 1. The third kappa shape index (κ3) is 6.64. The molecule has 0 saturated heterocycles. The summed E-state index contributed by atoms with van der Waals surface area (Å²) >= 11 is 1.69. The largest absolute Gasteiger partial charge is 0.494 e. The Morgan fingerprint density at radius 2 is 2.04 bits per heavy atom. The third-order valence-corrected chi connectivity index (χ3v) is 4.01. The van der Waals surface area contributed by atoms with E-state index in [1.54, 1.807) is 11.3 Å². The maximum absolute atomic E-state index is 5.64. The predicted octanol–water partition coefficient (Wildman–Crippen LogP) is 3.72. The summed E-state index contributed by atoms with van der Waals surface area (Å²) in [6.45, 7) is 8.82. The summed E-state index contributed by atoms with van der Waals surface area (Å²) in [5, 5.41) is 7.63. The molecular formula is C17H25IN4OS. The minimum atomic E-state index is 0. The molecule has 1 aromatic carbocycles. The standard InChI is InChI=1S/C17H24N4OS.HI/c1-4-18-17(21-12-16-19-10-13(3)23-16)20-11-14-8-6-7-9-15(14)22-5-2;/h6-10H,4-5,11-12H2,1-3H3,(H2,18,20,21);1H. The zero-order valence-corrected chi connectivity index (χ0v) is 17.5. The molecule has 0 aliphatic heterocycles. The number of hydrogen-bond donors (Lipinski definition) is 2. The van der Waals surface area contributed by atoms with Gasteiger partial charge in [0.15, 0.2) is 5.96 Å². The number of ether oxygens (including phenoxy) is 1. The lowest BCUT2D eigenvalue weighted by Crippen LogP contribution is -2.36. The molecule has 0 fully saturated rings. The average Bonchev–Trinajstić information content (AvgIpc) is 2.97. The molecule has 1 aromatic heterocycles. The summed E-state index contributed by atoms with van der Waals surface area (Å²) < 4.78 is 5.64. The molecule has 2 N–H and O–H groups in total. The predicted molar refractivity (Wildman–Crippen MR) is 112 cm³/mol. The number of aliphatic imine (C=N–C) groups is 1. The zero-order chi connectivity index (χ0) is 16.5. The number of thiazole rings is 1. The van der Waals surface area contributed by atoms with E-state index in [0.717, 1.165) is 28.8 Å². The Morgan fingerprint density at radius 1 is 1.25 bits per heavy atom. The first kappa shape index (κ1) is 20.7. The summed E-state index contributed by atoms with van der Waals surface area (Å²) in [5.74, 6) is 1.68. The molecule has 0 spiro atoms. The van der Waals surface area contributed by atoms with Gasteiger partial charge in [0, 0.05) is 23.2 Å². The highest BCUT2D eigenvalue weighted by molar-refractivity contribution is 14.0. The Bertz CT molecular complexity index is 645. The van der Waals surface area contributed by atoms with Crippen molar-refractivity contribution in [3.63, 3.8) is 0 Å². The van der Waals surface area contributed by atoms with E-state index >= 15 is 0 Å². The van der Waals surface area contributed by atoms with Crippen LogP contribution in [0.1, 0.15) is 29.3 Å². The second kappa shape index (κ2) is 11.2. The van der Waals surface area contributed by atoms with Gasteiger partial charge in [0.2, 0.25) is 0 Å². The van der Waals surface area contributed by atoms with Crippen LogP contribution in [0.2, 0.25) is 0 Å². The Morgan fingerprint density at radius 3 is 2.71 bits per heavy atom. The number of benzene rings is 1. The SMILES string of the molecule is CCNC(=NCc1ccccc1OCC)NCc1ncc(C)s1.I. The quantitative estimate of drug-likeness (QED) is 0.376. The molecule has 2 rings (SSSR count). The molecule has 0 radical (unpaired) electrons. The molecule has 0 bridgehead atoms. The van der Waals surface area contributed by atoms with E-state index in [4.69, 9.17) is 4.74 Å². The van der Waals surface area contributed by atoms with E-state index in [1.165, 1.54) is 4.88 Å². The Hall–Kier alpha value is -1.35. The van der Waals surface area contributed by atoms with Gasteiger partial charge < -0.3 is 15.4 Å². The van der Waals surface area contributed by atoms with Crippen LogP contribution in [-0.4, -0.2) is 24.1 Å². The molecular weight excluding hydrogens is 435 g/mol. The number of nitrogens with zero attached hydrogens (tertiary/aromatic N) is 2. The highest BCUT2D eigenvalue weighted by atomic mass is 127. The number of para-hydroxylation sites is 1.